The number of nitrogens with zero attached hydrogens (tertiary/aromatic N) is 1. The van der Waals surface area contributed by atoms with Crippen LogP contribution in [0.5, 0.6) is 5.75 Å². The van der Waals surface area contributed by atoms with Crippen LogP contribution in [0.3, 0.4) is 0 Å². The van der Waals surface area contributed by atoms with E-state index in [0.717, 1.165) is 32.4 Å². The molecule has 1 aliphatic rings. The lowest BCUT2D eigenvalue weighted by molar-refractivity contribution is -0.138. The molecule has 1 N–H and O–H groups in total. The molecule has 1 fully saturated rings. The first-order valence-electron chi connectivity index (χ1n) is 7.42. The van der Waals surface area contributed by atoms with Gasteiger partial charge in [-0.3, -0.25) is 4.79 Å². The molecule has 2 atom stereocenters. The lowest BCUT2D eigenvalue weighted by Crippen LogP contribution is -2.43. The minimum Gasteiger partial charge on any atom is -0.478 e. The van der Waals surface area contributed by atoms with Gasteiger partial charge >= 0.3 is 0 Å². The molecular weight excluding hydrogens is 273 g/mol. The van der Waals surface area contributed by atoms with Crippen molar-refractivity contribution in [2.75, 3.05) is 13.1 Å². The van der Waals surface area contributed by atoms with Crippen LogP contribution in [0.4, 0.5) is 4.39 Å². The monoisotopic (exact) mass is 295 g/mol. The highest BCUT2D eigenvalue weighted by molar-refractivity contribution is 5.81. The SMILES string of the molecule is CC(Oc1ccc([C@H](C)O)cc1F)C(=O)N1CCCCC1. The summed E-state index contributed by atoms with van der Waals surface area (Å²) in [6, 6.07) is 4.29. The number of aliphatic hydroxyl groups excluding tert-OH is 1. The lowest BCUT2D eigenvalue weighted by atomic mass is 10.1. The van der Waals surface area contributed by atoms with Crippen LogP contribution in [0.15, 0.2) is 18.2 Å². The van der Waals surface area contributed by atoms with E-state index in [2.05, 4.69) is 0 Å². The van der Waals surface area contributed by atoms with Crippen LogP contribution >= 0.6 is 0 Å². The zero-order valence-electron chi connectivity index (χ0n) is 12.5. The van der Waals surface area contributed by atoms with Crippen molar-refractivity contribution in [3.8, 4) is 5.75 Å². The van der Waals surface area contributed by atoms with Crippen molar-refractivity contribution < 1.29 is 19.0 Å². The highest BCUT2D eigenvalue weighted by Crippen LogP contribution is 2.23. The summed E-state index contributed by atoms with van der Waals surface area (Å²) in [6.07, 6.45) is 1.72. The normalized spacial score (nSPS) is 18.2. The Balaban J connectivity index is 2.01. The minimum absolute atomic E-state index is 0.0391. The van der Waals surface area contributed by atoms with Crippen LogP contribution in [0.1, 0.15) is 44.8 Å². The van der Waals surface area contributed by atoms with Gasteiger partial charge in [0.05, 0.1) is 6.10 Å². The second-order valence-electron chi connectivity index (χ2n) is 5.51. The summed E-state index contributed by atoms with van der Waals surface area (Å²) in [5.41, 5.74) is 0.481. The van der Waals surface area contributed by atoms with E-state index in [1.54, 1.807) is 24.8 Å². The molecule has 1 aliphatic heterocycles. The number of hydrogen-bond donors (Lipinski definition) is 1. The third kappa shape index (κ3) is 3.94. The number of carbonyl (C=O) groups is 1. The Kier molecular flexibility index (Phi) is 5.17. The molecule has 1 saturated heterocycles. The van der Waals surface area contributed by atoms with Crippen molar-refractivity contribution in [2.45, 2.75) is 45.3 Å². The topological polar surface area (TPSA) is 49.8 Å². The molecule has 116 valence electrons. The summed E-state index contributed by atoms with van der Waals surface area (Å²) in [7, 11) is 0. The molecule has 0 bridgehead atoms. The molecule has 1 amide bonds. The Morgan fingerprint density at radius 3 is 2.52 bits per heavy atom. The van der Waals surface area contributed by atoms with Crippen molar-refractivity contribution in [1.29, 1.82) is 0 Å². The van der Waals surface area contributed by atoms with Crippen molar-refractivity contribution in [2.24, 2.45) is 0 Å². The number of ether oxygens (including phenoxy) is 1. The Bertz CT molecular complexity index is 498. The lowest BCUT2D eigenvalue weighted by Gasteiger charge is -2.29. The fourth-order valence-corrected chi connectivity index (χ4v) is 2.48. The number of rotatable bonds is 4. The zero-order valence-corrected chi connectivity index (χ0v) is 12.5. The van der Waals surface area contributed by atoms with E-state index in [1.165, 1.54) is 12.1 Å². The second-order valence-corrected chi connectivity index (χ2v) is 5.51. The fraction of sp³-hybridized carbons (Fsp3) is 0.562. The molecule has 0 aromatic heterocycles. The van der Waals surface area contributed by atoms with Gasteiger partial charge < -0.3 is 14.7 Å². The molecule has 1 unspecified atom stereocenters. The maximum Gasteiger partial charge on any atom is 0.263 e. The predicted octanol–water partition coefficient (Wildman–Crippen LogP) is 2.66. The summed E-state index contributed by atoms with van der Waals surface area (Å²) < 4.78 is 19.4. The molecular formula is C16H22FNO3. The largest absolute Gasteiger partial charge is 0.478 e. The number of likely N-dealkylation sites (tertiary alicyclic amines) is 1. The Hall–Kier alpha value is -1.62. The molecule has 1 aromatic carbocycles. The number of piperidine rings is 1. The quantitative estimate of drug-likeness (QED) is 0.929. The fourth-order valence-electron chi connectivity index (χ4n) is 2.48. The zero-order chi connectivity index (χ0) is 15.4. The third-order valence-electron chi connectivity index (χ3n) is 3.76. The molecule has 5 heteroatoms. The van der Waals surface area contributed by atoms with Crippen LogP contribution in [-0.2, 0) is 4.79 Å². The first-order chi connectivity index (χ1) is 9.99. The first-order valence-corrected chi connectivity index (χ1v) is 7.42. The van der Waals surface area contributed by atoms with Gasteiger partial charge in [0.25, 0.3) is 5.91 Å². The Labute approximate surface area is 124 Å². The molecule has 1 aromatic rings. The van der Waals surface area contributed by atoms with E-state index >= 15 is 0 Å². The summed E-state index contributed by atoms with van der Waals surface area (Å²) in [5.74, 6) is -0.627. The van der Waals surface area contributed by atoms with Gasteiger partial charge in [0, 0.05) is 13.1 Å². The average Bonchev–Trinajstić information content (AvgIpc) is 2.49. The summed E-state index contributed by atoms with van der Waals surface area (Å²) in [4.78, 5) is 14.0. The molecule has 0 aliphatic carbocycles. The molecule has 1 heterocycles. The maximum absolute atomic E-state index is 13.9. The van der Waals surface area contributed by atoms with E-state index in [0.29, 0.717) is 5.56 Å². The molecule has 0 radical (unpaired) electrons. The number of aliphatic hydroxyl groups is 1. The average molecular weight is 295 g/mol. The highest BCUT2D eigenvalue weighted by Gasteiger charge is 2.24. The highest BCUT2D eigenvalue weighted by atomic mass is 19.1. The summed E-state index contributed by atoms with van der Waals surface area (Å²) >= 11 is 0. The number of halogens is 1. The summed E-state index contributed by atoms with van der Waals surface area (Å²) in [6.45, 7) is 4.70. The third-order valence-corrected chi connectivity index (χ3v) is 3.76. The number of benzene rings is 1. The van der Waals surface area contributed by atoms with Crippen molar-refractivity contribution >= 4 is 5.91 Å². The van der Waals surface area contributed by atoms with Crippen LogP contribution < -0.4 is 4.74 Å². The molecule has 0 saturated carbocycles. The second kappa shape index (κ2) is 6.89. The van der Waals surface area contributed by atoms with E-state index in [4.69, 9.17) is 4.74 Å². The Morgan fingerprint density at radius 2 is 1.95 bits per heavy atom. The minimum atomic E-state index is -0.735. The standard InChI is InChI=1S/C16H22FNO3/c1-11(19)13-6-7-15(14(17)10-13)21-12(2)16(20)18-8-4-3-5-9-18/h6-7,10-12,19H,3-5,8-9H2,1-2H3/t11-,12?/m0/s1. The van der Waals surface area contributed by atoms with E-state index < -0.39 is 18.0 Å². The van der Waals surface area contributed by atoms with Gasteiger partial charge in [-0.1, -0.05) is 6.07 Å². The van der Waals surface area contributed by atoms with Gasteiger partial charge in [-0.15, -0.1) is 0 Å². The number of hydrogen-bond acceptors (Lipinski definition) is 3. The predicted molar refractivity (Wildman–Crippen MR) is 77.6 cm³/mol. The van der Waals surface area contributed by atoms with Gasteiger partial charge in [-0.05, 0) is 50.8 Å². The van der Waals surface area contributed by atoms with E-state index in [1.807, 2.05) is 0 Å². The van der Waals surface area contributed by atoms with Gasteiger partial charge in [-0.25, -0.2) is 4.39 Å². The van der Waals surface area contributed by atoms with E-state index in [-0.39, 0.29) is 11.7 Å². The van der Waals surface area contributed by atoms with Crippen LogP contribution in [0.2, 0.25) is 0 Å². The van der Waals surface area contributed by atoms with Crippen molar-refractivity contribution in [1.82, 2.24) is 4.90 Å². The smallest absolute Gasteiger partial charge is 0.263 e. The van der Waals surface area contributed by atoms with Gasteiger partial charge in [0.15, 0.2) is 17.7 Å². The molecule has 4 nitrogen and oxygen atoms in total. The summed E-state index contributed by atoms with van der Waals surface area (Å²) in [5, 5.41) is 9.41. The maximum atomic E-state index is 13.9. The molecule has 21 heavy (non-hydrogen) atoms. The van der Waals surface area contributed by atoms with Gasteiger partial charge in [0.1, 0.15) is 0 Å². The van der Waals surface area contributed by atoms with Crippen LogP contribution in [0, 0.1) is 5.82 Å². The molecule has 2 rings (SSSR count). The van der Waals surface area contributed by atoms with Crippen molar-refractivity contribution in [3.63, 3.8) is 0 Å². The van der Waals surface area contributed by atoms with E-state index in [9.17, 15) is 14.3 Å². The first kappa shape index (κ1) is 15.8. The number of amides is 1. The molecule has 0 spiro atoms. The van der Waals surface area contributed by atoms with Gasteiger partial charge in [-0.2, -0.15) is 0 Å². The Morgan fingerprint density at radius 1 is 1.29 bits per heavy atom. The van der Waals surface area contributed by atoms with Gasteiger partial charge in [0.2, 0.25) is 0 Å². The van der Waals surface area contributed by atoms with Crippen LogP contribution in [0.25, 0.3) is 0 Å². The van der Waals surface area contributed by atoms with Crippen molar-refractivity contribution in [3.05, 3.63) is 29.6 Å². The van der Waals surface area contributed by atoms with Crippen LogP contribution in [-0.4, -0.2) is 35.1 Å². The number of carbonyl (C=O) groups excluding carboxylic acids is 1.